The lowest BCUT2D eigenvalue weighted by molar-refractivity contribution is 0.0920. The van der Waals surface area contributed by atoms with Crippen LogP contribution >= 0.6 is 23.4 Å². The summed E-state index contributed by atoms with van der Waals surface area (Å²) in [4.78, 5) is 17.4. The topological polar surface area (TPSA) is 54.6 Å². The summed E-state index contributed by atoms with van der Waals surface area (Å²) in [5.41, 5.74) is 2.92. The Morgan fingerprint density at radius 3 is 3.00 bits per heavy atom. The van der Waals surface area contributed by atoms with Crippen molar-refractivity contribution in [2.75, 3.05) is 0 Å². The number of benzene rings is 1. The minimum absolute atomic E-state index is 0.127. The molecule has 1 aromatic heterocycles. The Hall–Kier alpha value is -1.72. The summed E-state index contributed by atoms with van der Waals surface area (Å²) in [5.74, 6) is 1.12. The molecule has 1 aliphatic heterocycles. The molecule has 2 aromatic rings. The van der Waals surface area contributed by atoms with Crippen molar-refractivity contribution in [1.29, 1.82) is 0 Å². The number of aryl methyl sites for hydroxylation is 1. The lowest BCUT2D eigenvalue weighted by atomic mass is 9.90. The Labute approximate surface area is 156 Å². The molecule has 2 atom stereocenters. The molecule has 0 saturated carbocycles. The Bertz CT molecular complexity index is 874. The van der Waals surface area contributed by atoms with Gasteiger partial charge >= 0.3 is 0 Å². The first-order valence-corrected chi connectivity index (χ1v) is 9.65. The average molecular weight is 375 g/mol. The van der Waals surface area contributed by atoms with E-state index in [0.717, 1.165) is 40.3 Å². The number of thioether (sulfide) groups is 1. The van der Waals surface area contributed by atoms with E-state index in [1.807, 2.05) is 43.0 Å². The minimum atomic E-state index is -0.199. The third-order valence-corrected chi connectivity index (χ3v) is 6.43. The summed E-state index contributed by atoms with van der Waals surface area (Å²) in [6, 6.07) is 7.63. The quantitative estimate of drug-likeness (QED) is 0.847. The maximum atomic E-state index is 12.6. The Balaban J connectivity index is 1.57. The molecule has 2 aliphatic rings. The van der Waals surface area contributed by atoms with Gasteiger partial charge in [-0.2, -0.15) is 0 Å². The standard InChI is InChI=1S/C19H19ClN2O2S/c1-10-16-14(7-8-15-17(16)22-11(2)25-15)24-18(10)19(23)21-9-12-5-3-4-6-13(12)20/h3-6,15,17H,7-9H2,1-2H3,(H,21,23). The predicted molar refractivity (Wildman–Crippen MR) is 102 cm³/mol. The van der Waals surface area contributed by atoms with Crippen molar-refractivity contribution in [2.45, 2.75) is 44.5 Å². The van der Waals surface area contributed by atoms with E-state index in [1.54, 1.807) is 0 Å². The van der Waals surface area contributed by atoms with Crippen molar-refractivity contribution >= 4 is 34.3 Å². The van der Waals surface area contributed by atoms with Crippen molar-refractivity contribution < 1.29 is 9.21 Å². The molecule has 25 heavy (non-hydrogen) atoms. The van der Waals surface area contributed by atoms with Crippen molar-refractivity contribution in [3.05, 3.63) is 57.5 Å². The van der Waals surface area contributed by atoms with Crippen LogP contribution in [0.15, 0.2) is 33.7 Å². The number of amides is 1. The molecule has 2 heterocycles. The van der Waals surface area contributed by atoms with Gasteiger partial charge in [0.05, 0.1) is 11.1 Å². The summed E-state index contributed by atoms with van der Waals surface area (Å²) in [6.45, 7) is 4.39. The number of hydrogen-bond acceptors (Lipinski definition) is 4. The lowest BCUT2D eigenvalue weighted by Gasteiger charge is -2.22. The largest absolute Gasteiger partial charge is 0.455 e. The van der Waals surface area contributed by atoms with Crippen LogP contribution in [0.1, 0.15) is 52.4 Å². The molecule has 0 bridgehead atoms. The number of nitrogens with zero attached hydrogens (tertiary/aromatic N) is 1. The summed E-state index contributed by atoms with van der Waals surface area (Å²) < 4.78 is 5.94. The Kier molecular flexibility index (Phi) is 4.38. The van der Waals surface area contributed by atoms with Gasteiger partial charge in [0.25, 0.3) is 5.91 Å². The van der Waals surface area contributed by atoms with Gasteiger partial charge in [0.2, 0.25) is 0 Å². The van der Waals surface area contributed by atoms with E-state index in [-0.39, 0.29) is 11.9 Å². The van der Waals surface area contributed by atoms with Crippen LogP contribution in [0.3, 0.4) is 0 Å². The number of fused-ring (bicyclic) bond motifs is 3. The molecular formula is C19H19ClN2O2S. The maximum Gasteiger partial charge on any atom is 0.287 e. The van der Waals surface area contributed by atoms with Gasteiger partial charge < -0.3 is 9.73 Å². The van der Waals surface area contributed by atoms with Crippen molar-refractivity contribution in [3.8, 4) is 0 Å². The number of carbonyl (C=O) groups is 1. The van der Waals surface area contributed by atoms with Gasteiger partial charge in [0.15, 0.2) is 5.76 Å². The van der Waals surface area contributed by atoms with Gasteiger partial charge in [-0.1, -0.05) is 29.8 Å². The lowest BCUT2D eigenvalue weighted by Crippen LogP contribution is -2.23. The third kappa shape index (κ3) is 3.00. The number of nitrogens with one attached hydrogen (secondary N) is 1. The second kappa shape index (κ2) is 6.54. The molecular weight excluding hydrogens is 356 g/mol. The first-order valence-electron chi connectivity index (χ1n) is 8.39. The number of aliphatic imine (C=N–C) groups is 1. The van der Waals surface area contributed by atoms with E-state index >= 15 is 0 Å². The van der Waals surface area contributed by atoms with Gasteiger partial charge in [0, 0.05) is 34.4 Å². The summed E-state index contributed by atoms with van der Waals surface area (Å²) in [6.07, 6.45) is 1.90. The maximum absolute atomic E-state index is 12.6. The number of hydrogen-bond donors (Lipinski definition) is 1. The second-order valence-corrected chi connectivity index (χ2v) is 8.29. The highest BCUT2D eigenvalue weighted by Gasteiger charge is 2.39. The molecule has 130 valence electrons. The number of rotatable bonds is 3. The molecule has 0 radical (unpaired) electrons. The van der Waals surface area contributed by atoms with Crippen LogP contribution in [0.4, 0.5) is 0 Å². The van der Waals surface area contributed by atoms with Gasteiger partial charge in [-0.15, -0.1) is 11.8 Å². The van der Waals surface area contributed by atoms with Crippen LogP contribution < -0.4 is 5.32 Å². The molecule has 0 saturated heterocycles. The van der Waals surface area contributed by atoms with E-state index in [2.05, 4.69) is 12.2 Å². The fourth-order valence-corrected chi connectivity index (χ4v) is 4.98. The molecule has 4 rings (SSSR count). The van der Waals surface area contributed by atoms with Crippen LogP contribution in [0, 0.1) is 6.92 Å². The van der Waals surface area contributed by atoms with E-state index in [0.29, 0.717) is 22.6 Å². The fourth-order valence-electron chi connectivity index (χ4n) is 3.61. The molecule has 0 spiro atoms. The average Bonchev–Trinajstić information content (AvgIpc) is 3.13. The summed E-state index contributed by atoms with van der Waals surface area (Å²) >= 11 is 7.99. The smallest absolute Gasteiger partial charge is 0.287 e. The van der Waals surface area contributed by atoms with Gasteiger partial charge in [-0.3, -0.25) is 9.79 Å². The highest BCUT2D eigenvalue weighted by Crippen LogP contribution is 2.47. The molecule has 0 fully saturated rings. The molecule has 1 aliphatic carbocycles. The molecule has 6 heteroatoms. The van der Waals surface area contributed by atoms with E-state index in [1.165, 1.54) is 0 Å². The summed E-state index contributed by atoms with van der Waals surface area (Å²) in [7, 11) is 0. The first kappa shape index (κ1) is 16.7. The first-order chi connectivity index (χ1) is 12.0. The third-order valence-electron chi connectivity index (χ3n) is 4.82. The highest BCUT2D eigenvalue weighted by molar-refractivity contribution is 8.14. The van der Waals surface area contributed by atoms with Crippen molar-refractivity contribution in [1.82, 2.24) is 5.32 Å². The van der Waals surface area contributed by atoms with Crippen molar-refractivity contribution in [2.24, 2.45) is 4.99 Å². The van der Waals surface area contributed by atoms with Crippen LogP contribution in [0.2, 0.25) is 5.02 Å². The second-order valence-electron chi connectivity index (χ2n) is 6.46. The summed E-state index contributed by atoms with van der Waals surface area (Å²) in [5, 5.41) is 5.16. The zero-order valence-electron chi connectivity index (χ0n) is 14.1. The SMILES string of the molecule is CC1=NC2c3c(oc(C(=O)NCc4ccccc4Cl)c3C)CCC2S1. The van der Waals surface area contributed by atoms with E-state index in [9.17, 15) is 4.79 Å². The zero-order chi connectivity index (χ0) is 17.6. The van der Waals surface area contributed by atoms with Crippen molar-refractivity contribution in [3.63, 3.8) is 0 Å². The fraction of sp³-hybridized carbons (Fsp3) is 0.368. The molecule has 4 nitrogen and oxygen atoms in total. The minimum Gasteiger partial charge on any atom is -0.455 e. The molecule has 1 amide bonds. The Morgan fingerprint density at radius 1 is 1.40 bits per heavy atom. The zero-order valence-corrected chi connectivity index (χ0v) is 15.7. The van der Waals surface area contributed by atoms with Gasteiger partial charge in [0.1, 0.15) is 5.76 Å². The van der Waals surface area contributed by atoms with E-state index < -0.39 is 0 Å². The molecule has 2 unspecified atom stereocenters. The monoisotopic (exact) mass is 374 g/mol. The number of halogens is 1. The highest BCUT2D eigenvalue weighted by atomic mass is 35.5. The van der Waals surface area contributed by atoms with Crippen LogP contribution in [0.25, 0.3) is 0 Å². The van der Waals surface area contributed by atoms with Crippen LogP contribution in [-0.2, 0) is 13.0 Å². The number of carbonyl (C=O) groups excluding carboxylic acids is 1. The van der Waals surface area contributed by atoms with Crippen LogP contribution in [0.5, 0.6) is 0 Å². The molecule has 1 aromatic carbocycles. The van der Waals surface area contributed by atoms with Gasteiger partial charge in [-0.05, 0) is 31.9 Å². The van der Waals surface area contributed by atoms with E-state index in [4.69, 9.17) is 21.0 Å². The molecule has 1 N–H and O–H groups in total. The Morgan fingerprint density at radius 2 is 2.20 bits per heavy atom. The van der Waals surface area contributed by atoms with Crippen LogP contribution in [-0.4, -0.2) is 16.2 Å². The van der Waals surface area contributed by atoms with Gasteiger partial charge in [-0.25, -0.2) is 0 Å². The number of furan rings is 1. The normalized spacial score (nSPS) is 21.5. The predicted octanol–water partition coefficient (Wildman–Crippen LogP) is 4.69.